The second kappa shape index (κ2) is 2.91. The number of hydrogen-bond donors (Lipinski definition) is 1. The van der Waals surface area contributed by atoms with Crippen LogP contribution in [0.4, 0.5) is 0 Å². The third kappa shape index (κ3) is 1.14. The van der Waals surface area contributed by atoms with Crippen molar-refractivity contribution in [1.29, 1.82) is 0 Å². The van der Waals surface area contributed by atoms with Crippen molar-refractivity contribution in [2.24, 2.45) is 11.7 Å². The predicted octanol–water partition coefficient (Wildman–Crippen LogP) is 1.88. The number of benzene rings is 1. The van der Waals surface area contributed by atoms with Crippen LogP contribution in [-0.4, -0.2) is 0 Å². The molecule has 0 heterocycles. The summed E-state index contributed by atoms with van der Waals surface area (Å²) in [6.07, 6.45) is 2.46. The summed E-state index contributed by atoms with van der Waals surface area (Å²) >= 11 is 0. The van der Waals surface area contributed by atoms with Crippen LogP contribution in [0.1, 0.15) is 23.6 Å². The highest BCUT2D eigenvalue weighted by Gasteiger charge is 2.19. The Hall–Kier alpha value is -0.820. The minimum Gasteiger partial charge on any atom is -0.326 e. The Morgan fingerprint density at radius 3 is 3.00 bits per heavy atom. The number of nitrogens with two attached hydrogens (primary N) is 1. The van der Waals surface area contributed by atoms with Crippen LogP contribution in [0.5, 0.6) is 0 Å². The van der Waals surface area contributed by atoms with Crippen LogP contribution >= 0.6 is 0 Å². The molecule has 1 heteroatoms. The van der Waals surface area contributed by atoms with Gasteiger partial charge in [-0.3, -0.25) is 0 Å². The molecule has 0 spiro atoms. The Morgan fingerprint density at radius 2 is 2.25 bits per heavy atom. The normalized spacial score (nSPS) is 21.0. The molecule has 0 aromatic heterocycles. The summed E-state index contributed by atoms with van der Waals surface area (Å²) in [5.41, 5.74) is 10.1. The highest BCUT2D eigenvalue weighted by atomic mass is 14.5. The van der Waals surface area contributed by atoms with Gasteiger partial charge >= 0.3 is 0 Å². The van der Waals surface area contributed by atoms with Crippen molar-refractivity contribution in [2.45, 2.75) is 26.3 Å². The Morgan fingerprint density at radius 1 is 1.42 bits per heavy atom. The van der Waals surface area contributed by atoms with E-state index in [0.717, 1.165) is 5.92 Å². The first kappa shape index (κ1) is 7.81. The third-order valence-corrected chi connectivity index (χ3v) is 2.71. The van der Waals surface area contributed by atoms with Crippen LogP contribution in [0.2, 0.25) is 0 Å². The molecule has 1 atom stereocenters. The predicted molar refractivity (Wildman–Crippen MR) is 50.9 cm³/mol. The van der Waals surface area contributed by atoms with Crippen LogP contribution < -0.4 is 5.73 Å². The SMILES string of the molecule is CC1Cc2cccc(CN)c2C1. The smallest absolute Gasteiger partial charge is 0.0180 e. The Bertz CT molecular complexity index is 291. The van der Waals surface area contributed by atoms with Crippen molar-refractivity contribution in [3.63, 3.8) is 0 Å². The van der Waals surface area contributed by atoms with E-state index < -0.39 is 0 Å². The molecule has 1 aliphatic carbocycles. The zero-order valence-corrected chi connectivity index (χ0v) is 7.51. The second-order valence-electron chi connectivity index (χ2n) is 3.77. The van der Waals surface area contributed by atoms with Gasteiger partial charge in [-0.2, -0.15) is 0 Å². The molecule has 64 valence electrons. The Kier molecular flexibility index (Phi) is 1.89. The molecule has 2 N–H and O–H groups in total. The topological polar surface area (TPSA) is 26.0 Å². The van der Waals surface area contributed by atoms with Crippen molar-refractivity contribution in [2.75, 3.05) is 0 Å². The largest absolute Gasteiger partial charge is 0.326 e. The van der Waals surface area contributed by atoms with E-state index in [2.05, 4.69) is 25.1 Å². The van der Waals surface area contributed by atoms with Gasteiger partial charge in [0.2, 0.25) is 0 Å². The molecule has 0 aliphatic heterocycles. The van der Waals surface area contributed by atoms with Crippen LogP contribution in [-0.2, 0) is 19.4 Å². The molecule has 0 radical (unpaired) electrons. The van der Waals surface area contributed by atoms with Gasteiger partial charge in [0.25, 0.3) is 0 Å². The average Bonchev–Trinajstić information content (AvgIpc) is 2.44. The number of rotatable bonds is 1. The maximum atomic E-state index is 5.67. The monoisotopic (exact) mass is 161 g/mol. The van der Waals surface area contributed by atoms with E-state index in [1.54, 1.807) is 0 Å². The number of hydrogen-bond acceptors (Lipinski definition) is 1. The van der Waals surface area contributed by atoms with Gasteiger partial charge in [0.05, 0.1) is 0 Å². The molecule has 0 fully saturated rings. The van der Waals surface area contributed by atoms with Gasteiger partial charge in [-0.15, -0.1) is 0 Å². The fourth-order valence-electron chi connectivity index (χ4n) is 2.13. The van der Waals surface area contributed by atoms with E-state index in [9.17, 15) is 0 Å². The fraction of sp³-hybridized carbons (Fsp3) is 0.455. The van der Waals surface area contributed by atoms with Crippen LogP contribution in [0.25, 0.3) is 0 Å². The van der Waals surface area contributed by atoms with E-state index in [-0.39, 0.29) is 0 Å². The zero-order chi connectivity index (χ0) is 8.55. The molecule has 1 aromatic rings. The van der Waals surface area contributed by atoms with Crippen molar-refractivity contribution in [3.05, 3.63) is 34.9 Å². The van der Waals surface area contributed by atoms with Gasteiger partial charge in [-0.1, -0.05) is 25.1 Å². The molecule has 0 bridgehead atoms. The first-order valence-electron chi connectivity index (χ1n) is 4.61. The molecular weight excluding hydrogens is 146 g/mol. The van der Waals surface area contributed by atoms with Crippen molar-refractivity contribution in [3.8, 4) is 0 Å². The van der Waals surface area contributed by atoms with Gasteiger partial charge in [-0.25, -0.2) is 0 Å². The molecular formula is C11H15N. The van der Waals surface area contributed by atoms with Crippen LogP contribution in [0.3, 0.4) is 0 Å². The lowest BCUT2D eigenvalue weighted by Gasteiger charge is -2.04. The molecule has 12 heavy (non-hydrogen) atoms. The first-order valence-corrected chi connectivity index (χ1v) is 4.61. The lowest BCUT2D eigenvalue weighted by Crippen LogP contribution is -2.01. The lowest BCUT2D eigenvalue weighted by atomic mass is 10.0. The summed E-state index contributed by atoms with van der Waals surface area (Å²) in [6, 6.07) is 6.51. The fourth-order valence-corrected chi connectivity index (χ4v) is 2.13. The lowest BCUT2D eigenvalue weighted by molar-refractivity contribution is 0.626. The van der Waals surface area contributed by atoms with Crippen LogP contribution in [0, 0.1) is 5.92 Å². The Balaban J connectivity index is 2.44. The molecule has 0 saturated heterocycles. The van der Waals surface area contributed by atoms with E-state index in [1.165, 1.54) is 29.5 Å². The van der Waals surface area contributed by atoms with Crippen LogP contribution in [0.15, 0.2) is 18.2 Å². The van der Waals surface area contributed by atoms with Gasteiger partial charge in [0.1, 0.15) is 0 Å². The van der Waals surface area contributed by atoms with Crippen molar-refractivity contribution < 1.29 is 0 Å². The number of fused-ring (bicyclic) bond motifs is 1. The molecule has 1 unspecified atom stereocenters. The van der Waals surface area contributed by atoms with Gasteiger partial charge in [0, 0.05) is 6.54 Å². The molecule has 1 nitrogen and oxygen atoms in total. The molecule has 0 amide bonds. The van der Waals surface area contributed by atoms with E-state index in [1.807, 2.05) is 0 Å². The minimum absolute atomic E-state index is 0.690. The van der Waals surface area contributed by atoms with Crippen molar-refractivity contribution in [1.82, 2.24) is 0 Å². The Labute approximate surface area is 73.6 Å². The molecule has 1 aromatic carbocycles. The highest BCUT2D eigenvalue weighted by molar-refractivity contribution is 5.39. The second-order valence-corrected chi connectivity index (χ2v) is 3.77. The van der Waals surface area contributed by atoms with Crippen molar-refractivity contribution >= 4 is 0 Å². The summed E-state index contributed by atoms with van der Waals surface area (Å²) in [5, 5.41) is 0. The summed E-state index contributed by atoms with van der Waals surface area (Å²) in [7, 11) is 0. The third-order valence-electron chi connectivity index (χ3n) is 2.71. The standard InChI is InChI=1S/C11H15N/c1-8-5-9-3-2-4-10(7-12)11(9)6-8/h2-4,8H,5-7,12H2,1H3. The maximum Gasteiger partial charge on any atom is 0.0180 e. The van der Waals surface area contributed by atoms with E-state index in [4.69, 9.17) is 5.73 Å². The van der Waals surface area contributed by atoms with E-state index in [0.29, 0.717) is 6.54 Å². The maximum absolute atomic E-state index is 5.67. The van der Waals surface area contributed by atoms with E-state index >= 15 is 0 Å². The zero-order valence-electron chi connectivity index (χ0n) is 7.51. The minimum atomic E-state index is 0.690. The summed E-state index contributed by atoms with van der Waals surface area (Å²) in [4.78, 5) is 0. The molecule has 2 rings (SSSR count). The summed E-state index contributed by atoms with van der Waals surface area (Å²) < 4.78 is 0. The van der Waals surface area contributed by atoms with Gasteiger partial charge in [-0.05, 0) is 35.4 Å². The quantitative estimate of drug-likeness (QED) is 0.668. The first-order chi connectivity index (χ1) is 5.81. The summed E-state index contributed by atoms with van der Waals surface area (Å²) in [6.45, 7) is 3.00. The molecule has 1 aliphatic rings. The average molecular weight is 161 g/mol. The van der Waals surface area contributed by atoms with Gasteiger partial charge < -0.3 is 5.73 Å². The summed E-state index contributed by atoms with van der Waals surface area (Å²) in [5.74, 6) is 0.813. The molecule has 0 saturated carbocycles. The highest BCUT2D eigenvalue weighted by Crippen LogP contribution is 2.28. The van der Waals surface area contributed by atoms with Gasteiger partial charge in [0.15, 0.2) is 0 Å².